The van der Waals surface area contributed by atoms with Crippen molar-refractivity contribution in [1.82, 2.24) is 0 Å². The van der Waals surface area contributed by atoms with Gasteiger partial charge in [0.2, 0.25) is 0 Å². The Morgan fingerprint density at radius 3 is 2.40 bits per heavy atom. The molecule has 1 aliphatic carbocycles. The minimum Gasteiger partial charge on any atom is -0.370 e. The summed E-state index contributed by atoms with van der Waals surface area (Å²) >= 11 is 11.8. The Hall–Kier alpha value is -0.570. The van der Waals surface area contributed by atoms with Crippen LogP contribution in [0.4, 0.5) is 0 Å². The van der Waals surface area contributed by atoms with Crippen LogP contribution in [0, 0.1) is 11.8 Å². The maximum Gasteiger partial charge on any atom is 0.188 e. The Morgan fingerprint density at radius 1 is 1.15 bits per heavy atom. The molecule has 20 heavy (non-hydrogen) atoms. The van der Waals surface area contributed by atoms with E-state index in [1.807, 2.05) is 0 Å². The summed E-state index contributed by atoms with van der Waals surface area (Å²) in [6.07, 6.45) is 3.53. The van der Waals surface area contributed by atoms with Crippen molar-refractivity contribution in [3.63, 3.8) is 0 Å². The van der Waals surface area contributed by atoms with Crippen LogP contribution in [0.25, 0.3) is 0 Å². The summed E-state index contributed by atoms with van der Waals surface area (Å²) in [5, 5.41) is 0.858. The summed E-state index contributed by atoms with van der Waals surface area (Å²) in [6.45, 7) is 4.60. The third-order valence-electron chi connectivity index (χ3n) is 3.83. The molecule has 2 nitrogen and oxygen atoms in total. The van der Waals surface area contributed by atoms with Gasteiger partial charge in [0.15, 0.2) is 5.78 Å². The van der Waals surface area contributed by atoms with Gasteiger partial charge in [-0.3, -0.25) is 4.79 Å². The molecule has 0 amide bonds. The fourth-order valence-electron chi connectivity index (χ4n) is 2.96. The highest BCUT2D eigenvalue weighted by Gasteiger charge is 2.25. The third-order valence-corrected chi connectivity index (χ3v) is 4.57. The van der Waals surface area contributed by atoms with E-state index in [9.17, 15) is 4.79 Å². The van der Waals surface area contributed by atoms with Gasteiger partial charge in [0, 0.05) is 5.56 Å². The van der Waals surface area contributed by atoms with Crippen molar-refractivity contribution in [3.05, 3.63) is 33.8 Å². The zero-order valence-corrected chi connectivity index (χ0v) is 13.4. The van der Waals surface area contributed by atoms with Crippen molar-refractivity contribution in [1.29, 1.82) is 0 Å². The molecule has 0 heterocycles. The molecule has 1 aromatic carbocycles. The van der Waals surface area contributed by atoms with Gasteiger partial charge in [-0.1, -0.05) is 37.0 Å². The first-order valence-electron chi connectivity index (χ1n) is 7.05. The van der Waals surface area contributed by atoms with Crippen LogP contribution in [-0.2, 0) is 4.74 Å². The first kappa shape index (κ1) is 15.8. The van der Waals surface area contributed by atoms with E-state index in [0.717, 1.165) is 12.8 Å². The number of carbonyl (C=O) groups is 1. The highest BCUT2D eigenvalue weighted by Crippen LogP contribution is 2.30. The van der Waals surface area contributed by atoms with Crippen molar-refractivity contribution in [2.24, 2.45) is 11.8 Å². The second-order valence-corrected chi connectivity index (χ2v) is 6.72. The van der Waals surface area contributed by atoms with Crippen LogP contribution >= 0.6 is 23.2 Å². The maximum atomic E-state index is 12.1. The molecule has 1 aliphatic rings. The highest BCUT2D eigenvalue weighted by atomic mass is 35.5. The number of benzene rings is 1. The summed E-state index contributed by atoms with van der Waals surface area (Å²) in [7, 11) is 0. The molecule has 4 heteroatoms. The lowest BCUT2D eigenvalue weighted by Crippen LogP contribution is -2.28. The zero-order valence-electron chi connectivity index (χ0n) is 11.9. The maximum absolute atomic E-state index is 12.1. The molecular formula is C16H20Cl2O2. The molecule has 0 aliphatic heterocycles. The number of hydrogen-bond donors (Lipinski definition) is 0. The largest absolute Gasteiger partial charge is 0.370 e. The van der Waals surface area contributed by atoms with Gasteiger partial charge < -0.3 is 4.74 Å². The van der Waals surface area contributed by atoms with Crippen LogP contribution < -0.4 is 0 Å². The Balaban J connectivity index is 1.90. The number of ether oxygens (including phenoxy) is 1. The fraction of sp³-hybridized carbons (Fsp3) is 0.562. The van der Waals surface area contributed by atoms with Crippen LogP contribution in [0.5, 0.6) is 0 Å². The number of carbonyl (C=O) groups excluding carboxylic acids is 1. The van der Waals surface area contributed by atoms with Gasteiger partial charge in [0.05, 0.1) is 16.1 Å². The van der Waals surface area contributed by atoms with E-state index in [1.54, 1.807) is 18.2 Å². The molecule has 0 radical (unpaired) electrons. The summed E-state index contributed by atoms with van der Waals surface area (Å²) in [5.74, 6) is 1.29. The van der Waals surface area contributed by atoms with Crippen molar-refractivity contribution < 1.29 is 9.53 Å². The minimum atomic E-state index is -0.0468. The van der Waals surface area contributed by atoms with Crippen LogP contribution in [0.2, 0.25) is 10.0 Å². The van der Waals surface area contributed by atoms with E-state index < -0.39 is 0 Å². The third kappa shape index (κ3) is 4.21. The first-order chi connectivity index (χ1) is 9.45. The number of rotatable bonds is 4. The molecule has 2 unspecified atom stereocenters. The molecule has 110 valence electrons. The van der Waals surface area contributed by atoms with Crippen molar-refractivity contribution >= 4 is 29.0 Å². The van der Waals surface area contributed by atoms with E-state index in [-0.39, 0.29) is 18.5 Å². The molecule has 0 saturated heterocycles. The van der Waals surface area contributed by atoms with Crippen LogP contribution in [0.1, 0.15) is 43.5 Å². The molecule has 0 bridgehead atoms. The molecule has 2 atom stereocenters. The number of halogens is 2. The summed E-state index contributed by atoms with van der Waals surface area (Å²) in [6, 6.07) is 4.93. The Kier molecular flexibility index (Phi) is 5.48. The minimum absolute atomic E-state index is 0.0468. The van der Waals surface area contributed by atoms with E-state index in [2.05, 4.69) is 13.8 Å². The van der Waals surface area contributed by atoms with E-state index >= 15 is 0 Å². The molecule has 0 aromatic heterocycles. The standard InChI is InChI=1S/C16H20Cl2O2/c1-10-5-11(2)7-13(6-10)20-9-16(19)12-3-4-14(17)15(18)8-12/h3-4,8,10-11,13H,5-7,9H2,1-2H3. The smallest absolute Gasteiger partial charge is 0.188 e. The summed E-state index contributed by atoms with van der Waals surface area (Å²) in [4.78, 5) is 12.1. The molecule has 2 rings (SSSR count). The Bertz CT molecular complexity index is 477. The van der Waals surface area contributed by atoms with Crippen LogP contribution in [0.3, 0.4) is 0 Å². The Morgan fingerprint density at radius 2 is 1.80 bits per heavy atom. The monoisotopic (exact) mass is 314 g/mol. The van der Waals surface area contributed by atoms with Crippen LogP contribution in [0.15, 0.2) is 18.2 Å². The molecule has 1 saturated carbocycles. The number of hydrogen-bond acceptors (Lipinski definition) is 2. The molecule has 0 N–H and O–H groups in total. The summed E-state index contributed by atoms with van der Waals surface area (Å²) in [5.41, 5.74) is 0.552. The summed E-state index contributed by atoms with van der Waals surface area (Å²) < 4.78 is 5.78. The molecule has 1 fully saturated rings. The van der Waals surface area contributed by atoms with E-state index in [0.29, 0.717) is 27.4 Å². The highest BCUT2D eigenvalue weighted by molar-refractivity contribution is 6.42. The quantitative estimate of drug-likeness (QED) is 0.729. The lowest BCUT2D eigenvalue weighted by molar-refractivity contribution is 0.00562. The lowest BCUT2D eigenvalue weighted by Gasteiger charge is -2.31. The SMILES string of the molecule is CC1CC(C)CC(OCC(=O)c2ccc(Cl)c(Cl)c2)C1. The lowest BCUT2D eigenvalue weighted by atomic mass is 9.82. The van der Waals surface area contributed by atoms with E-state index in [1.165, 1.54) is 6.42 Å². The molecular weight excluding hydrogens is 295 g/mol. The van der Waals surface area contributed by atoms with Gasteiger partial charge in [-0.05, 0) is 49.3 Å². The zero-order chi connectivity index (χ0) is 14.7. The van der Waals surface area contributed by atoms with Gasteiger partial charge >= 0.3 is 0 Å². The van der Waals surface area contributed by atoms with Crippen molar-refractivity contribution in [3.8, 4) is 0 Å². The predicted molar refractivity (Wildman–Crippen MR) is 82.7 cm³/mol. The van der Waals surface area contributed by atoms with Gasteiger partial charge in [0.25, 0.3) is 0 Å². The molecule has 1 aromatic rings. The second-order valence-electron chi connectivity index (χ2n) is 5.90. The van der Waals surface area contributed by atoms with Crippen LogP contribution in [-0.4, -0.2) is 18.5 Å². The average Bonchev–Trinajstić information content (AvgIpc) is 2.38. The number of Topliss-reactive ketones (excluding diaryl/α,β-unsaturated/α-hetero) is 1. The normalized spacial score (nSPS) is 26.5. The van der Waals surface area contributed by atoms with Gasteiger partial charge in [-0.15, -0.1) is 0 Å². The van der Waals surface area contributed by atoms with Crippen molar-refractivity contribution in [2.75, 3.05) is 6.61 Å². The first-order valence-corrected chi connectivity index (χ1v) is 7.81. The Labute approximate surface area is 130 Å². The van der Waals surface area contributed by atoms with Gasteiger partial charge in [-0.2, -0.15) is 0 Å². The molecule has 0 spiro atoms. The van der Waals surface area contributed by atoms with Crippen molar-refractivity contribution in [2.45, 2.75) is 39.2 Å². The second kappa shape index (κ2) is 6.93. The number of ketones is 1. The average molecular weight is 315 g/mol. The van der Waals surface area contributed by atoms with Gasteiger partial charge in [-0.25, -0.2) is 0 Å². The predicted octanol–water partition coefficient (Wildman–Crippen LogP) is 5.02. The van der Waals surface area contributed by atoms with Gasteiger partial charge in [0.1, 0.15) is 6.61 Å². The van der Waals surface area contributed by atoms with E-state index in [4.69, 9.17) is 27.9 Å². The topological polar surface area (TPSA) is 26.3 Å². The fourth-order valence-corrected chi connectivity index (χ4v) is 3.25.